The molecule has 4 nitrogen and oxygen atoms in total. The number of anilines is 1. The minimum atomic E-state index is -0.443. The summed E-state index contributed by atoms with van der Waals surface area (Å²) >= 11 is 0. The maximum Gasteiger partial charge on any atom is 0.325 e. The van der Waals surface area contributed by atoms with Crippen LogP contribution >= 0.6 is 0 Å². The molecule has 0 spiro atoms. The van der Waals surface area contributed by atoms with Gasteiger partial charge >= 0.3 is 6.03 Å². The van der Waals surface area contributed by atoms with Crippen molar-refractivity contribution in [1.82, 2.24) is 4.90 Å². The van der Waals surface area contributed by atoms with Crippen LogP contribution in [0.4, 0.5) is 10.5 Å². The van der Waals surface area contributed by atoms with Gasteiger partial charge in [0.05, 0.1) is 12.2 Å². The van der Waals surface area contributed by atoms with Crippen LogP contribution in [-0.2, 0) is 5.54 Å². The molecule has 1 atom stereocenters. The molecule has 0 saturated carbocycles. The van der Waals surface area contributed by atoms with E-state index in [4.69, 9.17) is 4.74 Å². The summed E-state index contributed by atoms with van der Waals surface area (Å²) in [5.41, 5.74) is 1.51. The van der Waals surface area contributed by atoms with E-state index < -0.39 is 5.54 Å². The molecule has 2 heterocycles. The van der Waals surface area contributed by atoms with Gasteiger partial charge < -0.3 is 9.64 Å². The second-order valence-corrected chi connectivity index (χ2v) is 5.63. The Morgan fingerprint density at radius 3 is 2.57 bits per heavy atom. The lowest BCUT2D eigenvalue weighted by atomic mass is 9.88. The van der Waals surface area contributed by atoms with Gasteiger partial charge in [0.1, 0.15) is 17.9 Å². The SMILES string of the molecule is CN1CC2(c3ccccc3)COc3ccccc3N2C1=O. The molecular formula is C17H16N2O2. The largest absolute Gasteiger partial charge is 0.488 e. The summed E-state index contributed by atoms with van der Waals surface area (Å²) in [5, 5.41) is 0. The van der Waals surface area contributed by atoms with E-state index in [2.05, 4.69) is 12.1 Å². The molecule has 1 saturated heterocycles. The van der Waals surface area contributed by atoms with Crippen molar-refractivity contribution in [3.63, 3.8) is 0 Å². The van der Waals surface area contributed by atoms with Crippen LogP contribution in [-0.4, -0.2) is 31.1 Å². The fourth-order valence-electron chi connectivity index (χ4n) is 3.34. The van der Waals surface area contributed by atoms with E-state index in [0.717, 1.165) is 17.0 Å². The van der Waals surface area contributed by atoms with Crippen molar-refractivity contribution in [2.24, 2.45) is 0 Å². The van der Waals surface area contributed by atoms with Crippen molar-refractivity contribution in [1.29, 1.82) is 0 Å². The summed E-state index contributed by atoms with van der Waals surface area (Å²) in [5.74, 6) is 0.771. The average molecular weight is 280 g/mol. The molecule has 4 heteroatoms. The van der Waals surface area contributed by atoms with E-state index in [-0.39, 0.29) is 6.03 Å². The Morgan fingerprint density at radius 2 is 1.76 bits per heavy atom. The maximum absolute atomic E-state index is 12.7. The van der Waals surface area contributed by atoms with Crippen LogP contribution in [0.1, 0.15) is 5.56 Å². The number of ether oxygens (including phenoxy) is 1. The highest BCUT2D eigenvalue weighted by atomic mass is 16.5. The zero-order valence-electron chi connectivity index (χ0n) is 11.8. The van der Waals surface area contributed by atoms with Gasteiger partial charge in [-0.3, -0.25) is 4.90 Å². The number of likely N-dealkylation sites (N-methyl/N-ethyl adjacent to an activating group) is 1. The number of urea groups is 1. The normalized spacial score (nSPS) is 23.6. The third kappa shape index (κ3) is 1.59. The Bertz CT molecular complexity index is 701. The molecule has 1 unspecified atom stereocenters. The lowest BCUT2D eigenvalue weighted by Crippen LogP contribution is -2.51. The number of rotatable bonds is 1. The molecule has 2 aromatic rings. The topological polar surface area (TPSA) is 32.8 Å². The van der Waals surface area contributed by atoms with Gasteiger partial charge in [-0.2, -0.15) is 0 Å². The third-order valence-electron chi connectivity index (χ3n) is 4.33. The van der Waals surface area contributed by atoms with Gasteiger partial charge in [0.15, 0.2) is 0 Å². The molecule has 2 aliphatic heterocycles. The summed E-state index contributed by atoms with van der Waals surface area (Å²) in [7, 11) is 1.84. The van der Waals surface area contributed by atoms with Gasteiger partial charge in [0.2, 0.25) is 0 Å². The number of carbonyl (C=O) groups is 1. The van der Waals surface area contributed by atoms with Crippen molar-refractivity contribution in [3.8, 4) is 5.75 Å². The maximum atomic E-state index is 12.7. The fraction of sp³-hybridized carbons (Fsp3) is 0.235. The first-order valence-electron chi connectivity index (χ1n) is 7.05. The van der Waals surface area contributed by atoms with Crippen molar-refractivity contribution in [2.75, 3.05) is 25.1 Å². The summed E-state index contributed by atoms with van der Waals surface area (Å²) in [6.45, 7) is 1.11. The van der Waals surface area contributed by atoms with Crippen LogP contribution in [0.2, 0.25) is 0 Å². The Balaban J connectivity index is 1.93. The molecule has 1 fully saturated rings. The first-order valence-corrected chi connectivity index (χ1v) is 7.05. The first-order chi connectivity index (χ1) is 10.2. The number of hydrogen-bond donors (Lipinski definition) is 0. The highest BCUT2D eigenvalue weighted by Crippen LogP contribution is 2.46. The zero-order valence-corrected chi connectivity index (χ0v) is 11.8. The number of nitrogens with zero attached hydrogens (tertiary/aromatic N) is 2. The lowest BCUT2D eigenvalue weighted by Gasteiger charge is -2.41. The predicted octanol–water partition coefficient (Wildman–Crippen LogP) is 2.85. The van der Waals surface area contributed by atoms with Crippen molar-refractivity contribution in [2.45, 2.75) is 5.54 Å². The minimum Gasteiger partial charge on any atom is -0.488 e. The molecule has 0 aliphatic carbocycles. The van der Waals surface area contributed by atoms with Gasteiger partial charge in [-0.15, -0.1) is 0 Å². The van der Waals surface area contributed by atoms with Gasteiger partial charge in [-0.25, -0.2) is 4.79 Å². The second kappa shape index (κ2) is 4.25. The summed E-state index contributed by atoms with van der Waals surface area (Å²) in [6.07, 6.45) is 0. The molecule has 0 radical (unpaired) electrons. The van der Waals surface area contributed by atoms with E-state index >= 15 is 0 Å². The smallest absolute Gasteiger partial charge is 0.325 e. The Hall–Kier alpha value is -2.49. The number of benzene rings is 2. The number of fused-ring (bicyclic) bond motifs is 3. The van der Waals surface area contributed by atoms with Crippen molar-refractivity contribution in [3.05, 3.63) is 60.2 Å². The number of carbonyl (C=O) groups excluding carboxylic acids is 1. The molecule has 0 aromatic heterocycles. The summed E-state index contributed by atoms with van der Waals surface area (Å²) in [6, 6.07) is 17.9. The van der Waals surface area contributed by atoms with Crippen LogP contribution in [0, 0.1) is 0 Å². The van der Waals surface area contributed by atoms with E-state index in [1.54, 1.807) is 4.90 Å². The monoisotopic (exact) mass is 280 g/mol. The molecular weight excluding hydrogens is 264 g/mol. The van der Waals surface area contributed by atoms with E-state index in [1.165, 1.54) is 0 Å². The van der Waals surface area contributed by atoms with E-state index in [1.807, 2.05) is 54.4 Å². The molecule has 21 heavy (non-hydrogen) atoms. The standard InChI is InChI=1S/C17H16N2O2/c1-18-11-17(13-7-3-2-4-8-13)12-21-15-10-6-5-9-14(15)19(17)16(18)20/h2-10H,11-12H2,1H3. The number of para-hydroxylation sites is 2. The predicted molar refractivity (Wildman–Crippen MR) is 80.6 cm³/mol. The lowest BCUT2D eigenvalue weighted by molar-refractivity contribution is 0.200. The quantitative estimate of drug-likeness (QED) is 0.804. The number of hydrogen-bond acceptors (Lipinski definition) is 2. The molecule has 0 bridgehead atoms. The Labute approximate surface area is 123 Å². The van der Waals surface area contributed by atoms with Crippen molar-refractivity contribution >= 4 is 11.7 Å². The molecule has 2 aliphatic rings. The van der Waals surface area contributed by atoms with Gasteiger partial charge in [-0.1, -0.05) is 42.5 Å². The Kier molecular flexibility index (Phi) is 2.48. The zero-order chi connectivity index (χ0) is 14.4. The summed E-state index contributed by atoms with van der Waals surface area (Å²) in [4.78, 5) is 16.3. The average Bonchev–Trinajstić information content (AvgIpc) is 2.81. The number of amides is 2. The first kappa shape index (κ1) is 12.3. The molecule has 2 amide bonds. The Morgan fingerprint density at radius 1 is 1.05 bits per heavy atom. The molecule has 4 rings (SSSR count). The van der Waals surface area contributed by atoms with Crippen LogP contribution in [0.5, 0.6) is 5.75 Å². The third-order valence-corrected chi connectivity index (χ3v) is 4.33. The van der Waals surface area contributed by atoms with E-state index in [0.29, 0.717) is 13.2 Å². The van der Waals surface area contributed by atoms with Crippen LogP contribution < -0.4 is 9.64 Å². The molecule has 0 N–H and O–H groups in total. The highest BCUT2D eigenvalue weighted by Gasteiger charge is 2.53. The van der Waals surface area contributed by atoms with Gasteiger partial charge in [0.25, 0.3) is 0 Å². The van der Waals surface area contributed by atoms with E-state index in [9.17, 15) is 4.79 Å². The minimum absolute atomic E-state index is 0.0228. The van der Waals surface area contributed by atoms with Crippen LogP contribution in [0.15, 0.2) is 54.6 Å². The van der Waals surface area contributed by atoms with Gasteiger partial charge in [-0.05, 0) is 17.7 Å². The van der Waals surface area contributed by atoms with Gasteiger partial charge in [0, 0.05) is 7.05 Å². The summed E-state index contributed by atoms with van der Waals surface area (Å²) < 4.78 is 5.97. The fourth-order valence-corrected chi connectivity index (χ4v) is 3.34. The van der Waals surface area contributed by atoms with Crippen LogP contribution in [0.25, 0.3) is 0 Å². The van der Waals surface area contributed by atoms with Crippen molar-refractivity contribution < 1.29 is 9.53 Å². The molecule has 106 valence electrons. The van der Waals surface area contributed by atoms with Crippen LogP contribution in [0.3, 0.4) is 0 Å². The highest BCUT2D eigenvalue weighted by molar-refractivity contribution is 5.98. The molecule has 2 aromatic carbocycles. The second-order valence-electron chi connectivity index (χ2n) is 5.63.